The predicted molar refractivity (Wildman–Crippen MR) is 91.5 cm³/mol. The Morgan fingerprint density at radius 2 is 2.00 bits per heavy atom. The van der Waals surface area contributed by atoms with Crippen molar-refractivity contribution < 1.29 is 4.79 Å². The number of nitrogen functional groups attached to an aromatic ring is 1. The van der Waals surface area contributed by atoms with Gasteiger partial charge in [0.05, 0.1) is 24.1 Å². The van der Waals surface area contributed by atoms with Crippen LogP contribution in [0.2, 0.25) is 0 Å². The van der Waals surface area contributed by atoms with Gasteiger partial charge in [0.1, 0.15) is 5.82 Å². The molecule has 4 rings (SSSR count). The molecule has 0 aliphatic carbocycles. The Morgan fingerprint density at radius 1 is 1.17 bits per heavy atom. The molecule has 0 saturated carbocycles. The molecule has 7 heteroatoms. The third kappa shape index (κ3) is 2.81. The van der Waals surface area contributed by atoms with Crippen molar-refractivity contribution in [1.82, 2.24) is 19.4 Å². The van der Waals surface area contributed by atoms with Gasteiger partial charge in [0, 0.05) is 44.6 Å². The van der Waals surface area contributed by atoms with Crippen molar-refractivity contribution in [3.63, 3.8) is 0 Å². The fourth-order valence-corrected chi connectivity index (χ4v) is 3.60. The minimum Gasteiger partial charge on any atom is -0.384 e. The zero-order chi connectivity index (χ0) is 16.5. The quantitative estimate of drug-likeness (QED) is 0.882. The summed E-state index contributed by atoms with van der Waals surface area (Å²) in [6, 6.07) is 3.80. The molecule has 24 heavy (non-hydrogen) atoms. The van der Waals surface area contributed by atoms with E-state index in [9.17, 15) is 4.79 Å². The number of fused-ring (bicyclic) bond motifs is 1. The number of hydrogen-bond acceptors (Lipinski definition) is 5. The van der Waals surface area contributed by atoms with Gasteiger partial charge in [0.25, 0.3) is 0 Å². The molecule has 2 aromatic heterocycles. The van der Waals surface area contributed by atoms with Gasteiger partial charge in [-0.3, -0.25) is 4.79 Å². The number of amides is 1. The number of aromatic nitrogens is 3. The van der Waals surface area contributed by atoms with Crippen molar-refractivity contribution in [2.45, 2.75) is 19.4 Å². The highest BCUT2D eigenvalue weighted by atomic mass is 16.2. The zero-order valence-electron chi connectivity index (χ0n) is 13.6. The van der Waals surface area contributed by atoms with Gasteiger partial charge < -0.3 is 20.1 Å². The summed E-state index contributed by atoms with van der Waals surface area (Å²) in [5, 5.41) is 0. The number of nitrogens with zero attached hydrogens (tertiary/aromatic N) is 5. The van der Waals surface area contributed by atoms with E-state index in [0.29, 0.717) is 5.82 Å². The average Bonchev–Trinajstić information content (AvgIpc) is 3.09. The van der Waals surface area contributed by atoms with E-state index in [1.165, 1.54) is 5.69 Å². The molecule has 2 aliphatic rings. The zero-order valence-corrected chi connectivity index (χ0v) is 13.6. The lowest BCUT2D eigenvalue weighted by atomic mass is 9.96. The van der Waals surface area contributed by atoms with Crippen LogP contribution in [0, 0.1) is 5.92 Å². The summed E-state index contributed by atoms with van der Waals surface area (Å²) < 4.78 is 2.11. The van der Waals surface area contributed by atoms with Gasteiger partial charge in [-0.25, -0.2) is 9.97 Å². The molecular weight excluding hydrogens is 304 g/mol. The summed E-state index contributed by atoms with van der Waals surface area (Å²) in [5.41, 5.74) is 7.94. The normalized spacial score (nSPS) is 20.8. The SMILES string of the molecule is Nc1ccc(N2CCN(C(=O)C3CCc4cncn4C3)CC2)cn1. The van der Waals surface area contributed by atoms with E-state index in [1.807, 2.05) is 29.6 Å². The molecule has 4 heterocycles. The summed E-state index contributed by atoms with van der Waals surface area (Å²) >= 11 is 0. The fourth-order valence-electron chi connectivity index (χ4n) is 3.60. The van der Waals surface area contributed by atoms with Crippen LogP contribution >= 0.6 is 0 Å². The number of pyridine rings is 1. The van der Waals surface area contributed by atoms with Crippen LogP contribution in [0.25, 0.3) is 0 Å². The van der Waals surface area contributed by atoms with Gasteiger partial charge in [-0.15, -0.1) is 0 Å². The van der Waals surface area contributed by atoms with E-state index in [0.717, 1.165) is 51.3 Å². The molecule has 1 unspecified atom stereocenters. The van der Waals surface area contributed by atoms with Gasteiger partial charge in [0.2, 0.25) is 5.91 Å². The van der Waals surface area contributed by atoms with Gasteiger partial charge in [-0.05, 0) is 25.0 Å². The van der Waals surface area contributed by atoms with Crippen molar-refractivity contribution in [3.8, 4) is 0 Å². The van der Waals surface area contributed by atoms with E-state index in [4.69, 9.17) is 5.73 Å². The van der Waals surface area contributed by atoms with Crippen LogP contribution in [0.15, 0.2) is 30.9 Å². The highest BCUT2D eigenvalue weighted by Gasteiger charge is 2.30. The topological polar surface area (TPSA) is 80.3 Å². The minimum absolute atomic E-state index is 0.0800. The second-order valence-corrected chi connectivity index (χ2v) is 6.53. The number of piperazine rings is 1. The van der Waals surface area contributed by atoms with Crippen molar-refractivity contribution >= 4 is 17.4 Å². The largest absolute Gasteiger partial charge is 0.384 e. The molecule has 2 N–H and O–H groups in total. The molecule has 126 valence electrons. The standard InChI is InChI=1S/C17H22N6O/c18-16-4-3-15(10-20-16)21-5-7-22(8-6-21)17(24)13-1-2-14-9-19-12-23(14)11-13/h3-4,9-10,12-13H,1-2,5-8,11H2,(H2,18,20). The molecule has 2 aliphatic heterocycles. The highest BCUT2D eigenvalue weighted by Crippen LogP contribution is 2.23. The number of nitrogens with two attached hydrogens (primary N) is 1. The van der Waals surface area contributed by atoms with Crippen molar-refractivity contribution in [1.29, 1.82) is 0 Å². The Kier molecular flexibility index (Phi) is 3.84. The number of aryl methyl sites for hydroxylation is 1. The van der Waals surface area contributed by atoms with Crippen LogP contribution in [0.5, 0.6) is 0 Å². The van der Waals surface area contributed by atoms with Crippen LogP contribution < -0.4 is 10.6 Å². The first kappa shape index (κ1) is 15.0. The van der Waals surface area contributed by atoms with Crippen LogP contribution in [-0.2, 0) is 17.8 Å². The molecule has 0 radical (unpaired) electrons. The number of hydrogen-bond donors (Lipinski definition) is 1. The molecule has 1 saturated heterocycles. The Labute approximate surface area is 141 Å². The van der Waals surface area contributed by atoms with Crippen molar-refractivity contribution in [3.05, 3.63) is 36.5 Å². The number of carbonyl (C=O) groups excluding carboxylic acids is 1. The molecule has 0 bridgehead atoms. The summed E-state index contributed by atoms with van der Waals surface area (Å²) in [7, 11) is 0. The van der Waals surface area contributed by atoms with Crippen LogP contribution in [-0.4, -0.2) is 51.5 Å². The summed E-state index contributed by atoms with van der Waals surface area (Å²) in [4.78, 5) is 25.4. The fraction of sp³-hybridized carbons (Fsp3) is 0.471. The van der Waals surface area contributed by atoms with E-state index in [1.54, 1.807) is 6.20 Å². The number of imidazole rings is 1. The molecule has 2 aromatic rings. The lowest BCUT2D eigenvalue weighted by molar-refractivity contribution is -0.136. The predicted octanol–water partition coefficient (Wildman–Crippen LogP) is 0.771. The van der Waals surface area contributed by atoms with Gasteiger partial charge in [-0.2, -0.15) is 0 Å². The van der Waals surface area contributed by atoms with E-state index >= 15 is 0 Å². The molecule has 1 amide bonds. The molecule has 1 fully saturated rings. The van der Waals surface area contributed by atoms with E-state index in [2.05, 4.69) is 19.4 Å². The maximum absolute atomic E-state index is 12.8. The van der Waals surface area contributed by atoms with Crippen molar-refractivity contribution in [2.24, 2.45) is 5.92 Å². The first-order chi connectivity index (χ1) is 11.7. The maximum Gasteiger partial charge on any atom is 0.227 e. The molecule has 1 atom stereocenters. The number of anilines is 2. The molecular formula is C17H22N6O. The Balaban J connectivity index is 1.36. The smallest absolute Gasteiger partial charge is 0.227 e. The second kappa shape index (κ2) is 6.14. The lowest BCUT2D eigenvalue weighted by Crippen LogP contribution is -2.51. The molecule has 0 aromatic carbocycles. The Bertz CT molecular complexity index is 717. The van der Waals surface area contributed by atoms with E-state index < -0.39 is 0 Å². The van der Waals surface area contributed by atoms with Gasteiger partial charge in [0.15, 0.2) is 0 Å². The van der Waals surface area contributed by atoms with Crippen LogP contribution in [0.1, 0.15) is 12.1 Å². The van der Waals surface area contributed by atoms with E-state index in [-0.39, 0.29) is 11.8 Å². The number of carbonyl (C=O) groups is 1. The summed E-state index contributed by atoms with van der Waals surface area (Å²) in [6.45, 7) is 3.95. The monoisotopic (exact) mass is 326 g/mol. The Hall–Kier alpha value is -2.57. The third-order valence-electron chi connectivity index (χ3n) is 5.04. The number of rotatable bonds is 2. The van der Waals surface area contributed by atoms with Gasteiger partial charge in [-0.1, -0.05) is 0 Å². The third-order valence-corrected chi connectivity index (χ3v) is 5.04. The summed E-state index contributed by atoms with van der Waals surface area (Å²) in [6.07, 6.45) is 7.40. The highest BCUT2D eigenvalue weighted by molar-refractivity contribution is 5.79. The van der Waals surface area contributed by atoms with Crippen LogP contribution in [0.4, 0.5) is 11.5 Å². The average molecular weight is 326 g/mol. The Morgan fingerprint density at radius 3 is 2.75 bits per heavy atom. The summed E-state index contributed by atoms with van der Waals surface area (Å²) in [5.74, 6) is 0.893. The van der Waals surface area contributed by atoms with Gasteiger partial charge >= 0.3 is 0 Å². The molecule has 0 spiro atoms. The first-order valence-electron chi connectivity index (χ1n) is 8.45. The molecule has 7 nitrogen and oxygen atoms in total. The van der Waals surface area contributed by atoms with Crippen LogP contribution in [0.3, 0.4) is 0 Å². The lowest BCUT2D eigenvalue weighted by Gasteiger charge is -2.38. The maximum atomic E-state index is 12.8. The van der Waals surface area contributed by atoms with Crippen molar-refractivity contribution in [2.75, 3.05) is 36.8 Å². The first-order valence-corrected chi connectivity index (χ1v) is 8.45. The minimum atomic E-state index is 0.0800. The second-order valence-electron chi connectivity index (χ2n) is 6.53.